The molecule has 0 saturated heterocycles. The molecule has 2 unspecified atom stereocenters. The minimum Gasteiger partial charge on any atom is -0.394 e. The number of phosphoric acid groups is 1. The maximum Gasteiger partial charge on any atom is 0.472 e. The van der Waals surface area contributed by atoms with Crippen molar-refractivity contribution in [2.75, 3.05) is 48.0 Å². The number of hydrogen-bond donors (Lipinski definition) is 2. The van der Waals surface area contributed by atoms with Crippen LogP contribution in [0.15, 0.2) is 0 Å². The Morgan fingerprint density at radius 3 is 1.54 bits per heavy atom. The molecule has 0 aromatic heterocycles. The van der Waals surface area contributed by atoms with E-state index in [0.717, 1.165) is 19.3 Å². The molecule has 8 heteroatoms. The van der Waals surface area contributed by atoms with Crippen molar-refractivity contribution in [2.24, 2.45) is 0 Å². The molecular weight excluding hydrogens is 465 g/mol. The second-order valence-corrected chi connectivity index (χ2v) is 12.4. The Balaban J connectivity index is 3.93. The quantitative estimate of drug-likeness (QED) is 0.0731. The van der Waals surface area contributed by atoms with Crippen LogP contribution in [-0.2, 0) is 18.3 Å². The third kappa shape index (κ3) is 22.9. The van der Waals surface area contributed by atoms with E-state index in [2.05, 4.69) is 6.92 Å². The molecule has 0 aromatic carbocycles. The van der Waals surface area contributed by atoms with Crippen LogP contribution in [0.1, 0.15) is 116 Å². The number of ether oxygens (including phenoxy) is 1. The molecule has 0 bridgehead atoms. The van der Waals surface area contributed by atoms with Gasteiger partial charge in [-0.25, -0.2) is 4.57 Å². The summed E-state index contributed by atoms with van der Waals surface area (Å²) < 4.78 is 28.9. The first-order chi connectivity index (χ1) is 16.6. The van der Waals surface area contributed by atoms with Crippen LogP contribution in [-0.4, -0.2) is 74.7 Å². The van der Waals surface area contributed by atoms with Crippen LogP contribution in [0.5, 0.6) is 0 Å². The van der Waals surface area contributed by atoms with Crippen LogP contribution in [0.2, 0.25) is 0 Å². The van der Waals surface area contributed by atoms with E-state index in [1.807, 2.05) is 21.1 Å². The van der Waals surface area contributed by atoms with Crippen molar-refractivity contribution < 1.29 is 32.8 Å². The van der Waals surface area contributed by atoms with Gasteiger partial charge in [0.25, 0.3) is 0 Å². The Kier molecular flexibility index (Phi) is 22.0. The predicted octanol–water partition coefficient (Wildman–Crippen LogP) is 6.85. The molecule has 3 atom stereocenters. The van der Waals surface area contributed by atoms with Crippen LogP contribution in [0, 0.1) is 0 Å². The Morgan fingerprint density at radius 1 is 0.743 bits per heavy atom. The van der Waals surface area contributed by atoms with E-state index >= 15 is 0 Å². The molecule has 35 heavy (non-hydrogen) atoms. The summed E-state index contributed by atoms with van der Waals surface area (Å²) in [6, 6.07) is 0. The maximum absolute atomic E-state index is 12.4. The van der Waals surface area contributed by atoms with Crippen LogP contribution in [0.3, 0.4) is 0 Å². The highest BCUT2D eigenvalue weighted by Crippen LogP contribution is 2.46. The number of phosphoric ester groups is 1. The van der Waals surface area contributed by atoms with E-state index in [0.29, 0.717) is 17.4 Å². The van der Waals surface area contributed by atoms with Gasteiger partial charge in [0, 0.05) is 7.11 Å². The number of methoxy groups -OCH3 is 1. The molecular formula is C27H59NO6P+. The number of nitrogens with zero attached hydrogens (tertiary/aromatic N) is 1. The molecule has 2 N–H and O–H groups in total. The zero-order valence-electron chi connectivity index (χ0n) is 23.7. The van der Waals surface area contributed by atoms with Crippen LogP contribution >= 0.6 is 7.82 Å². The van der Waals surface area contributed by atoms with Crippen molar-refractivity contribution in [2.45, 2.75) is 128 Å². The zero-order valence-corrected chi connectivity index (χ0v) is 24.6. The normalized spacial score (nSPS) is 15.7. The molecule has 0 aliphatic carbocycles. The molecule has 0 saturated carbocycles. The molecule has 0 aromatic rings. The molecule has 0 spiro atoms. The first kappa shape index (κ1) is 35.0. The standard InChI is InChI=1S/C27H58NO6P/c1-6-7-8-9-10-11-12-13-14-15-16-17-18-19-20-21-22-26(27(25-29)32-5)34-35(30,31)33-24-23-28(2,3)4/h26-27,29H,6-25H2,1-5H3/p+1/t26?,27-/m0/s1. The Morgan fingerprint density at radius 2 is 1.17 bits per heavy atom. The highest BCUT2D eigenvalue weighted by Gasteiger charge is 2.32. The van der Waals surface area contributed by atoms with Crippen LogP contribution in [0.25, 0.3) is 0 Å². The highest BCUT2D eigenvalue weighted by molar-refractivity contribution is 7.47. The van der Waals surface area contributed by atoms with E-state index < -0.39 is 20.0 Å². The smallest absolute Gasteiger partial charge is 0.394 e. The minimum atomic E-state index is -4.21. The van der Waals surface area contributed by atoms with Crippen molar-refractivity contribution in [3.8, 4) is 0 Å². The van der Waals surface area contributed by atoms with Gasteiger partial charge in [-0.15, -0.1) is 0 Å². The fourth-order valence-electron chi connectivity index (χ4n) is 4.18. The number of quaternary nitrogens is 1. The summed E-state index contributed by atoms with van der Waals surface area (Å²) in [6.45, 7) is 2.72. The Bertz CT molecular complexity index is 510. The lowest BCUT2D eigenvalue weighted by Gasteiger charge is -2.27. The van der Waals surface area contributed by atoms with Crippen molar-refractivity contribution in [3.63, 3.8) is 0 Å². The number of aliphatic hydroxyl groups excluding tert-OH is 1. The van der Waals surface area contributed by atoms with Gasteiger partial charge in [-0.3, -0.25) is 9.05 Å². The fourth-order valence-corrected chi connectivity index (χ4v) is 5.13. The largest absolute Gasteiger partial charge is 0.472 e. The van der Waals surface area contributed by atoms with Crippen molar-refractivity contribution in [3.05, 3.63) is 0 Å². The van der Waals surface area contributed by atoms with E-state index in [1.165, 1.54) is 90.6 Å². The molecule has 0 radical (unpaired) electrons. The lowest BCUT2D eigenvalue weighted by molar-refractivity contribution is -0.870. The zero-order chi connectivity index (χ0) is 26.4. The van der Waals surface area contributed by atoms with Crippen molar-refractivity contribution >= 4 is 7.82 Å². The summed E-state index contributed by atoms with van der Waals surface area (Å²) >= 11 is 0. The van der Waals surface area contributed by atoms with E-state index in [4.69, 9.17) is 13.8 Å². The highest BCUT2D eigenvalue weighted by atomic mass is 31.2. The SMILES string of the molecule is CCCCCCCCCCCCCCCCCCC(OP(=O)(O)OCC[N+](C)(C)C)[C@H](CO)OC. The summed E-state index contributed by atoms with van der Waals surface area (Å²) in [4.78, 5) is 10.1. The topological polar surface area (TPSA) is 85.2 Å². The minimum absolute atomic E-state index is 0.125. The first-order valence-corrected chi connectivity index (χ1v) is 15.7. The third-order valence-corrected chi connectivity index (χ3v) is 7.57. The van der Waals surface area contributed by atoms with Gasteiger partial charge in [-0.05, 0) is 6.42 Å². The maximum atomic E-state index is 12.4. The molecule has 212 valence electrons. The second kappa shape index (κ2) is 22.0. The number of likely N-dealkylation sites (N-methyl/N-ethyl adjacent to an activating group) is 1. The molecule has 0 aliphatic rings. The fraction of sp³-hybridized carbons (Fsp3) is 1.00. The molecule has 0 heterocycles. The molecule has 0 rings (SSSR count). The summed E-state index contributed by atoms with van der Waals surface area (Å²) in [5, 5.41) is 9.59. The average Bonchev–Trinajstić information content (AvgIpc) is 2.78. The van der Waals surface area contributed by atoms with Crippen LogP contribution < -0.4 is 0 Å². The third-order valence-electron chi connectivity index (χ3n) is 6.52. The van der Waals surface area contributed by atoms with Gasteiger partial charge in [0.1, 0.15) is 19.3 Å². The molecule has 0 fully saturated rings. The van der Waals surface area contributed by atoms with E-state index in [1.54, 1.807) is 0 Å². The summed E-state index contributed by atoms with van der Waals surface area (Å²) in [7, 11) is 3.23. The van der Waals surface area contributed by atoms with Crippen LogP contribution in [0.4, 0.5) is 0 Å². The summed E-state index contributed by atoms with van der Waals surface area (Å²) in [6.07, 6.45) is 20.0. The van der Waals surface area contributed by atoms with Gasteiger partial charge in [-0.2, -0.15) is 0 Å². The van der Waals surface area contributed by atoms with E-state index in [9.17, 15) is 14.6 Å². The monoisotopic (exact) mass is 524 g/mol. The van der Waals surface area contributed by atoms with Crippen molar-refractivity contribution in [1.29, 1.82) is 0 Å². The van der Waals surface area contributed by atoms with Crippen molar-refractivity contribution in [1.82, 2.24) is 0 Å². The van der Waals surface area contributed by atoms with Gasteiger partial charge >= 0.3 is 7.82 Å². The average molecular weight is 525 g/mol. The molecule has 0 aliphatic heterocycles. The van der Waals surface area contributed by atoms with Gasteiger partial charge in [0.15, 0.2) is 0 Å². The lowest BCUT2D eigenvalue weighted by atomic mass is 10.0. The van der Waals surface area contributed by atoms with Gasteiger partial charge in [0.2, 0.25) is 0 Å². The lowest BCUT2D eigenvalue weighted by Crippen LogP contribution is -2.37. The van der Waals surface area contributed by atoms with Gasteiger partial charge in [-0.1, -0.05) is 110 Å². The summed E-state index contributed by atoms with van der Waals surface area (Å²) in [5.74, 6) is 0. The Hall–Kier alpha value is -0.0100. The Labute approximate surface area is 217 Å². The second-order valence-electron chi connectivity index (χ2n) is 11.0. The number of aliphatic hydroxyl groups is 1. The van der Waals surface area contributed by atoms with E-state index in [-0.39, 0.29) is 13.2 Å². The number of hydrogen-bond acceptors (Lipinski definition) is 5. The molecule has 7 nitrogen and oxygen atoms in total. The number of unbranched alkanes of at least 4 members (excludes halogenated alkanes) is 15. The first-order valence-electron chi connectivity index (χ1n) is 14.2. The van der Waals surface area contributed by atoms with Gasteiger partial charge < -0.3 is 19.2 Å². The number of rotatable bonds is 26. The predicted molar refractivity (Wildman–Crippen MR) is 146 cm³/mol. The summed E-state index contributed by atoms with van der Waals surface area (Å²) in [5.41, 5.74) is 0. The van der Waals surface area contributed by atoms with Gasteiger partial charge in [0.05, 0.1) is 33.9 Å². The molecule has 0 amide bonds.